The molecule has 1 saturated heterocycles. The molecule has 0 aromatic carbocycles. The van der Waals surface area contributed by atoms with Gasteiger partial charge in [0.25, 0.3) is 0 Å². The van der Waals surface area contributed by atoms with Crippen LogP contribution in [0.15, 0.2) is 23.3 Å². The van der Waals surface area contributed by atoms with Gasteiger partial charge in [-0.1, -0.05) is 26.0 Å². The van der Waals surface area contributed by atoms with Crippen LogP contribution in [0.25, 0.3) is 0 Å². The van der Waals surface area contributed by atoms with E-state index in [0.717, 1.165) is 11.1 Å². The van der Waals surface area contributed by atoms with Gasteiger partial charge in [0.1, 0.15) is 17.8 Å². The molecule has 26 heavy (non-hydrogen) atoms. The molecule has 0 spiro atoms. The van der Waals surface area contributed by atoms with Gasteiger partial charge in [-0.15, -0.1) is 0 Å². The van der Waals surface area contributed by atoms with Crippen LogP contribution in [-0.4, -0.2) is 58.4 Å². The van der Waals surface area contributed by atoms with Crippen molar-refractivity contribution >= 4 is 5.97 Å². The second-order valence-corrected chi connectivity index (χ2v) is 8.78. The zero-order chi connectivity index (χ0) is 18.9. The van der Waals surface area contributed by atoms with Crippen LogP contribution in [0.2, 0.25) is 0 Å². The number of aliphatic hydroxyl groups is 3. The highest BCUT2D eigenvalue weighted by molar-refractivity contribution is 5.92. The molecule has 1 fully saturated rings. The van der Waals surface area contributed by atoms with Crippen LogP contribution in [-0.2, 0) is 14.3 Å². The van der Waals surface area contributed by atoms with Gasteiger partial charge >= 0.3 is 5.97 Å². The Morgan fingerprint density at radius 3 is 2.81 bits per heavy atom. The first-order valence-corrected chi connectivity index (χ1v) is 9.43. The maximum Gasteiger partial charge on any atom is 0.334 e. The Balaban J connectivity index is 1.79. The van der Waals surface area contributed by atoms with Crippen molar-refractivity contribution in [3.63, 3.8) is 0 Å². The summed E-state index contributed by atoms with van der Waals surface area (Å²) >= 11 is 0. The van der Waals surface area contributed by atoms with E-state index in [1.54, 1.807) is 13.0 Å². The molecule has 0 radical (unpaired) electrons. The number of hydrogen-bond donors (Lipinski definition) is 3. The minimum Gasteiger partial charge on any atom is -0.458 e. The zero-order valence-corrected chi connectivity index (χ0v) is 15.6. The lowest BCUT2D eigenvalue weighted by atomic mass is 9.49. The topological polar surface area (TPSA) is 96.2 Å². The predicted molar refractivity (Wildman–Crippen MR) is 93.0 cm³/mol. The second kappa shape index (κ2) is 5.64. The molecular weight excluding hydrogens is 336 g/mol. The van der Waals surface area contributed by atoms with Crippen LogP contribution in [0.1, 0.15) is 33.6 Å². The Hall–Kier alpha value is -1.21. The first-order chi connectivity index (χ1) is 12.2. The maximum absolute atomic E-state index is 12.0. The van der Waals surface area contributed by atoms with Crippen molar-refractivity contribution in [1.29, 1.82) is 0 Å². The molecule has 144 valence electrons. The fourth-order valence-corrected chi connectivity index (χ4v) is 5.65. The van der Waals surface area contributed by atoms with E-state index in [1.165, 1.54) is 0 Å². The summed E-state index contributed by atoms with van der Waals surface area (Å²) in [5, 5.41) is 32.5. The summed E-state index contributed by atoms with van der Waals surface area (Å²) in [6.45, 7) is 6.21. The smallest absolute Gasteiger partial charge is 0.334 e. The van der Waals surface area contributed by atoms with E-state index in [-0.39, 0.29) is 36.9 Å². The minimum atomic E-state index is -1.38. The number of carbonyl (C=O) groups excluding carboxylic acids is 1. The molecule has 0 aromatic heterocycles. The average molecular weight is 364 g/mol. The van der Waals surface area contributed by atoms with Gasteiger partial charge in [-0.05, 0) is 31.3 Å². The van der Waals surface area contributed by atoms with Gasteiger partial charge in [-0.2, -0.15) is 0 Å². The summed E-state index contributed by atoms with van der Waals surface area (Å²) < 4.78 is 11.4. The molecular formula is C20H28O6. The van der Waals surface area contributed by atoms with Crippen LogP contribution < -0.4 is 0 Å². The summed E-state index contributed by atoms with van der Waals surface area (Å²) in [6.07, 6.45) is 3.85. The first-order valence-electron chi connectivity index (χ1n) is 9.43. The number of hydrogen-bond acceptors (Lipinski definition) is 6. The zero-order valence-electron chi connectivity index (χ0n) is 15.6. The molecule has 3 unspecified atom stereocenters. The fraction of sp³-hybridized carbons (Fsp3) is 0.750. The van der Waals surface area contributed by atoms with Gasteiger partial charge in [-0.25, -0.2) is 4.79 Å². The van der Waals surface area contributed by atoms with Gasteiger partial charge in [0.2, 0.25) is 0 Å². The van der Waals surface area contributed by atoms with E-state index in [2.05, 4.69) is 0 Å². The molecule has 6 nitrogen and oxygen atoms in total. The van der Waals surface area contributed by atoms with E-state index in [9.17, 15) is 20.1 Å². The van der Waals surface area contributed by atoms with Gasteiger partial charge in [-0.3, -0.25) is 0 Å². The highest BCUT2D eigenvalue weighted by Crippen LogP contribution is 2.62. The van der Waals surface area contributed by atoms with Crippen molar-refractivity contribution in [2.24, 2.45) is 23.2 Å². The molecule has 0 amide bonds. The van der Waals surface area contributed by atoms with Crippen molar-refractivity contribution in [1.82, 2.24) is 0 Å². The van der Waals surface area contributed by atoms with Crippen LogP contribution in [0, 0.1) is 23.2 Å². The highest BCUT2D eigenvalue weighted by Gasteiger charge is 2.69. The number of cyclic esters (lactones) is 1. The third-order valence-corrected chi connectivity index (χ3v) is 7.69. The quantitative estimate of drug-likeness (QED) is 0.499. The van der Waals surface area contributed by atoms with Crippen LogP contribution in [0.4, 0.5) is 0 Å². The lowest BCUT2D eigenvalue weighted by Crippen LogP contribution is -2.75. The van der Waals surface area contributed by atoms with Gasteiger partial charge in [0.15, 0.2) is 0 Å². The summed E-state index contributed by atoms with van der Waals surface area (Å²) in [5.74, 6) is -0.809. The third-order valence-electron chi connectivity index (χ3n) is 7.69. The number of carbonyl (C=O) groups is 1. The van der Waals surface area contributed by atoms with E-state index in [1.807, 2.05) is 19.9 Å². The molecule has 0 saturated carbocycles. The van der Waals surface area contributed by atoms with E-state index in [4.69, 9.17) is 9.47 Å². The van der Waals surface area contributed by atoms with Crippen molar-refractivity contribution < 1.29 is 29.6 Å². The molecule has 0 aromatic rings. The number of rotatable bonds is 2. The van der Waals surface area contributed by atoms with E-state index < -0.39 is 22.7 Å². The minimum absolute atomic E-state index is 0.0455. The molecule has 0 bridgehead atoms. The van der Waals surface area contributed by atoms with Gasteiger partial charge < -0.3 is 24.8 Å². The number of aliphatic hydroxyl groups excluding tert-OH is 2. The predicted octanol–water partition coefficient (Wildman–Crippen LogP) is 0.951. The van der Waals surface area contributed by atoms with Crippen molar-refractivity contribution in [3.05, 3.63) is 23.3 Å². The second-order valence-electron chi connectivity index (χ2n) is 8.78. The maximum atomic E-state index is 12.0. The molecule has 2 aliphatic heterocycles. The standard InChI is InChI=1S/C20H28O6/c1-11(8-21)12-5-7-20(24)18(2)6-4-13-14(9-25-17(13)23)15(18)10-26-19(20,3)16(12)22/h5,7,11-12,15-16,21-22,24H,4,6,8-10H2,1-3H3/t11?,12?,15?,16-,18+,19-,20-/m1/s1. The number of esters is 1. The van der Waals surface area contributed by atoms with Crippen molar-refractivity contribution in [2.45, 2.75) is 50.9 Å². The Bertz CT molecular complexity index is 698. The molecule has 4 aliphatic rings. The normalized spacial score (nSPS) is 48.5. The average Bonchev–Trinajstić information content (AvgIpc) is 2.99. The van der Waals surface area contributed by atoms with Crippen LogP contribution in [0.3, 0.4) is 0 Å². The monoisotopic (exact) mass is 364 g/mol. The first kappa shape index (κ1) is 18.2. The van der Waals surface area contributed by atoms with Crippen LogP contribution in [0.5, 0.6) is 0 Å². The summed E-state index contributed by atoms with van der Waals surface area (Å²) in [4.78, 5) is 12.0. The Labute approximate surface area is 153 Å². The SMILES string of the molecule is CC(CO)C1C=C[C@@]2(O)[C@@]3(C)CCC4=C(COC4=O)C3CO[C@]2(C)[C@@H]1O. The fourth-order valence-electron chi connectivity index (χ4n) is 5.65. The summed E-state index contributed by atoms with van der Waals surface area (Å²) in [7, 11) is 0. The summed E-state index contributed by atoms with van der Waals surface area (Å²) in [5.41, 5.74) is -1.46. The lowest BCUT2D eigenvalue weighted by Gasteiger charge is -2.64. The largest absolute Gasteiger partial charge is 0.458 e. The van der Waals surface area contributed by atoms with E-state index in [0.29, 0.717) is 19.4 Å². The Morgan fingerprint density at radius 2 is 2.12 bits per heavy atom. The highest BCUT2D eigenvalue weighted by atomic mass is 16.5. The molecule has 3 N–H and O–H groups in total. The Kier molecular flexibility index (Phi) is 3.94. The van der Waals surface area contributed by atoms with E-state index >= 15 is 0 Å². The van der Waals surface area contributed by atoms with Gasteiger partial charge in [0, 0.05) is 29.4 Å². The molecule has 4 rings (SSSR count). The molecule has 2 heterocycles. The van der Waals surface area contributed by atoms with Crippen molar-refractivity contribution in [3.8, 4) is 0 Å². The lowest BCUT2D eigenvalue weighted by molar-refractivity contribution is -0.302. The van der Waals surface area contributed by atoms with Crippen molar-refractivity contribution in [2.75, 3.05) is 19.8 Å². The Morgan fingerprint density at radius 1 is 1.38 bits per heavy atom. The molecule has 7 atom stereocenters. The third kappa shape index (κ3) is 1.99. The molecule has 6 heteroatoms. The van der Waals surface area contributed by atoms with Crippen LogP contribution >= 0.6 is 0 Å². The molecule has 2 aliphatic carbocycles. The number of fused-ring (bicyclic) bond motifs is 4. The summed E-state index contributed by atoms with van der Waals surface area (Å²) in [6, 6.07) is 0. The number of ether oxygens (including phenoxy) is 2. The van der Waals surface area contributed by atoms with Gasteiger partial charge in [0.05, 0.1) is 12.7 Å².